The van der Waals surface area contributed by atoms with Crippen LogP contribution in [0.15, 0.2) is 5.38 Å². The third-order valence-corrected chi connectivity index (χ3v) is 3.29. The summed E-state index contributed by atoms with van der Waals surface area (Å²) in [5.41, 5.74) is 0.913. The van der Waals surface area contributed by atoms with Crippen molar-refractivity contribution in [2.75, 3.05) is 13.2 Å². The maximum Gasteiger partial charge on any atom is 0.122 e. The lowest BCUT2D eigenvalue weighted by molar-refractivity contribution is -0.00746. The topological polar surface area (TPSA) is 31.4 Å². The Bertz CT molecular complexity index is 304. The number of nitrogens with zero attached hydrogens (tertiary/aromatic N) is 1. The van der Waals surface area contributed by atoms with Crippen LogP contribution >= 0.6 is 22.9 Å². The van der Waals surface area contributed by atoms with E-state index in [4.69, 9.17) is 21.1 Å². The summed E-state index contributed by atoms with van der Waals surface area (Å²) >= 11 is 7.28. The molecule has 5 heteroatoms. The van der Waals surface area contributed by atoms with Gasteiger partial charge in [-0.15, -0.1) is 22.9 Å². The van der Waals surface area contributed by atoms with Crippen LogP contribution in [0.5, 0.6) is 0 Å². The van der Waals surface area contributed by atoms with E-state index in [-0.39, 0.29) is 12.2 Å². The van der Waals surface area contributed by atoms with Crippen molar-refractivity contribution in [2.45, 2.75) is 38.9 Å². The van der Waals surface area contributed by atoms with Gasteiger partial charge in [-0.05, 0) is 20.8 Å². The molecule has 1 unspecified atom stereocenters. The van der Waals surface area contributed by atoms with Gasteiger partial charge in [0.1, 0.15) is 11.1 Å². The first-order chi connectivity index (χ1) is 7.63. The van der Waals surface area contributed by atoms with E-state index >= 15 is 0 Å². The molecular weight excluding hydrogens is 246 g/mol. The first-order valence-electron chi connectivity index (χ1n) is 5.37. The van der Waals surface area contributed by atoms with Crippen LogP contribution < -0.4 is 0 Å². The predicted octanol–water partition coefficient (Wildman–Crippen LogP) is 3.38. The fourth-order valence-electron chi connectivity index (χ4n) is 1.15. The highest BCUT2D eigenvalue weighted by molar-refractivity contribution is 7.09. The van der Waals surface area contributed by atoms with Crippen molar-refractivity contribution in [3.8, 4) is 0 Å². The molecule has 0 fully saturated rings. The van der Waals surface area contributed by atoms with E-state index in [9.17, 15) is 0 Å². The Labute approximate surface area is 106 Å². The van der Waals surface area contributed by atoms with Gasteiger partial charge in [-0.25, -0.2) is 4.98 Å². The Morgan fingerprint density at radius 3 is 2.56 bits per heavy atom. The summed E-state index contributed by atoms with van der Waals surface area (Å²) in [7, 11) is 0. The molecule has 0 aliphatic carbocycles. The molecule has 1 rings (SSSR count). The molecule has 1 aromatic rings. The van der Waals surface area contributed by atoms with Gasteiger partial charge in [0.25, 0.3) is 0 Å². The van der Waals surface area contributed by atoms with Gasteiger partial charge in [0.05, 0.1) is 30.9 Å². The summed E-state index contributed by atoms with van der Waals surface area (Å²) in [5, 5.41) is 2.94. The van der Waals surface area contributed by atoms with Crippen LogP contribution in [0.2, 0.25) is 0 Å². The highest BCUT2D eigenvalue weighted by Crippen LogP contribution is 2.21. The Morgan fingerprint density at radius 2 is 2.00 bits per heavy atom. The van der Waals surface area contributed by atoms with E-state index in [0.717, 1.165) is 10.7 Å². The van der Waals surface area contributed by atoms with E-state index < -0.39 is 0 Å². The Hall–Kier alpha value is -0.160. The van der Waals surface area contributed by atoms with E-state index in [1.165, 1.54) is 0 Å². The minimum atomic E-state index is 0.0118. The molecule has 1 aromatic heterocycles. The van der Waals surface area contributed by atoms with Gasteiger partial charge in [0.15, 0.2) is 0 Å². The van der Waals surface area contributed by atoms with Gasteiger partial charge in [-0.3, -0.25) is 0 Å². The molecular formula is C11H18ClNO2S. The Morgan fingerprint density at radius 1 is 1.31 bits per heavy atom. The molecule has 92 valence electrons. The second kappa shape index (κ2) is 7.22. The second-order valence-electron chi connectivity index (χ2n) is 3.74. The SMILES string of the molecule is CC(C)OCCOC(C)c1nc(CCl)cs1. The number of hydrogen-bond donors (Lipinski definition) is 0. The maximum atomic E-state index is 5.69. The highest BCUT2D eigenvalue weighted by Gasteiger charge is 2.10. The zero-order chi connectivity index (χ0) is 12.0. The smallest absolute Gasteiger partial charge is 0.122 e. The molecule has 1 heterocycles. The fraction of sp³-hybridized carbons (Fsp3) is 0.727. The molecule has 0 N–H and O–H groups in total. The van der Waals surface area contributed by atoms with Crippen LogP contribution in [0, 0.1) is 0 Å². The first-order valence-corrected chi connectivity index (χ1v) is 6.78. The molecule has 0 radical (unpaired) electrons. The molecule has 0 saturated heterocycles. The molecule has 0 amide bonds. The van der Waals surface area contributed by atoms with Crippen LogP contribution in [-0.4, -0.2) is 24.3 Å². The summed E-state index contributed by atoms with van der Waals surface area (Å²) in [6.45, 7) is 7.23. The lowest BCUT2D eigenvalue weighted by Crippen LogP contribution is -2.11. The standard InChI is InChI=1S/C11H18ClNO2S/c1-8(2)14-4-5-15-9(3)11-13-10(6-12)7-16-11/h7-9H,4-6H2,1-3H3. The van der Waals surface area contributed by atoms with Crippen LogP contribution in [0.25, 0.3) is 0 Å². The summed E-state index contributed by atoms with van der Waals surface area (Å²) in [6.07, 6.45) is 0.263. The third kappa shape index (κ3) is 4.78. The normalized spacial score (nSPS) is 13.3. The predicted molar refractivity (Wildman–Crippen MR) is 67.1 cm³/mol. The monoisotopic (exact) mass is 263 g/mol. The average Bonchev–Trinajstić information content (AvgIpc) is 2.72. The molecule has 16 heavy (non-hydrogen) atoms. The van der Waals surface area contributed by atoms with Crippen molar-refractivity contribution >= 4 is 22.9 Å². The van der Waals surface area contributed by atoms with Crippen molar-refractivity contribution in [1.82, 2.24) is 4.98 Å². The van der Waals surface area contributed by atoms with E-state index in [0.29, 0.717) is 19.1 Å². The van der Waals surface area contributed by atoms with E-state index in [1.807, 2.05) is 26.2 Å². The molecule has 3 nitrogen and oxygen atoms in total. The highest BCUT2D eigenvalue weighted by atomic mass is 35.5. The number of halogens is 1. The maximum absolute atomic E-state index is 5.69. The second-order valence-corrected chi connectivity index (χ2v) is 4.90. The van der Waals surface area contributed by atoms with Gasteiger partial charge in [0, 0.05) is 5.38 Å². The van der Waals surface area contributed by atoms with Gasteiger partial charge in [-0.1, -0.05) is 0 Å². The summed E-state index contributed by atoms with van der Waals surface area (Å²) in [6, 6.07) is 0. The minimum Gasteiger partial charge on any atom is -0.376 e. The zero-order valence-corrected chi connectivity index (χ0v) is 11.5. The first kappa shape index (κ1) is 13.9. The molecule has 1 atom stereocenters. The van der Waals surface area contributed by atoms with Crippen LogP contribution in [-0.2, 0) is 15.4 Å². The molecule has 0 aromatic carbocycles. The van der Waals surface area contributed by atoms with Crippen molar-refractivity contribution in [3.63, 3.8) is 0 Å². The van der Waals surface area contributed by atoms with Crippen LogP contribution in [0.1, 0.15) is 37.6 Å². The summed E-state index contributed by atoms with van der Waals surface area (Å²) in [4.78, 5) is 4.36. The lowest BCUT2D eigenvalue weighted by atomic mass is 10.4. The van der Waals surface area contributed by atoms with Crippen molar-refractivity contribution in [2.24, 2.45) is 0 Å². The number of alkyl halides is 1. The number of aromatic nitrogens is 1. The fourth-order valence-corrected chi connectivity index (χ4v) is 2.20. The molecule has 0 aliphatic rings. The van der Waals surface area contributed by atoms with Crippen molar-refractivity contribution in [3.05, 3.63) is 16.1 Å². The molecule has 0 saturated carbocycles. The number of ether oxygens (including phenoxy) is 2. The van der Waals surface area contributed by atoms with Gasteiger partial charge in [-0.2, -0.15) is 0 Å². The lowest BCUT2D eigenvalue weighted by Gasteiger charge is -2.11. The molecule has 0 spiro atoms. The largest absolute Gasteiger partial charge is 0.376 e. The number of hydrogen-bond acceptors (Lipinski definition) is 4. The van der Waals surface area contributed by atoms with Crippen molar-refractivity contribution in [1.29, 1.82) is 0 Å². The Balaban J connectivity index is 2.26. The quantitative estimate of drug-likeness (QED) is 0.558. The molecule has 0 aliphatic heterocycles. The van der Waals surface area contributed by atoms with E-state index in [1.54, 1.807) is 11.3 Å². The summed E-state index contributed by atoms with van der Waals surface area (Å²) < 4.78 is 11.0. The van der Waals surface area contributed by atoms with Gasteiger partial charge in [0.2, 0.25) is 0 Å². The summed E-state index contributed by atoms with van der Waals surface area (Å²) in [5.74, 6) is 0.458. The van der Waals surface area contributed by atoms with Crippen molar-refractivity contribution < 1.29 is 9.47 Å². The van der Waals surface area contributed by atoms with Gasteiger partial charge < -0.3 is 9.47 Å². The zero-order valence-electron chi connectivity index (χ0n) is 9.90. The molecule has 0 bridgehead atoms. The average molecular weight is 264 g/mol. The van der Waals surface area contributed by atoms with E-state index in [2.05, 4.69) is 4.98 Å². The van der Waals surface area contributed by atoms with Crippen LogP contribution in [0.4, 0.5) is 0 Å². The van der Waals surface area contributed by atoms with Crippen LogP contribution in [0.3, 0.4) is 0 Å². The number of thiazole rings is 1. The minimum absolute atomic E-state index is 0.0118. The van der Waals surface area contributed by atoms with Gasteiger partial charge >= 0.3 is 0 Å². The third-order valence-electron chi connectivity index (χ3n) is 1.96. The number of rotatable bonds is 7. The Kier molecular flexibility index (Phi) is 6.28.